The summed E-state index contributed by atoms with van der Waals surface area (Å²) in [5.74, 6) is 0.0951. The van der Waals surface area contributed by atoms with Gasteiger partial charge in [-0.2, -0.15) is 5.10 Å². The van der Waals surface area contributed by atoms with E-state index in [1.54, 1.807) is 0 Å². The molecule has 1 atom stereocenters. The fourth-order valence-electron chi connectivity index (χ4n) is 3.37. The first kappa shape index (κ1) is 20.0. The number of hydrogen-bond acceptors (Lipinski definition) is 4. The van der Waals surface area contributed by atoms with Gasteiger partial charge in [0.15, 0.2) is 5.69 Å². The third kappa shape index (κ3) is 4.78. The van der Waals surface area contributed by atoms with Crippen LogP contribution in [0.4, 0.5) is 0 Å². The van der Waals surface area contributed by atoms with E-state index in [2.05, 4.69) is 81.4 Å². The lowest BCUT2D eigenvalue weighted by Crippen LogP contribution is -2.44. The summed E-state index contributed by atoms with van der Waals surface area (Å²) in [6, 6.07) is 8.58. The van der Waals surface area contributed by atoms with Gasteiger partial charge in [-0.25, -0.2) is 0 Å². The minimum absolute atomic E-state index is 0.111. The molecule has 1 aromatic heterocycles. The molecule has 2 N–H and O–H groups in total. The summed E-state index contributed by atoms with van der Waals surface area (Å²) in [7, 11) is 0. The Morgan fingerprint density at radius 1 is 1.37 bits per heavy atom. The van der Waals surface area contributed by atoms with Gasteiger partial charge in [0.05, 0.1) is 29.4 Å². The van der Waals surface area contributed by atoms with E-state index >= 15 is 0 Å². The fourth-order valence-corrected chi connectivity index (χ4v) is 4.19. The highest BCUT2D eigenvalue weighted by molar-refractivity contribution is 9.10. The lowest BCUT2D eigenvalue weighted by molar-refractivity contribution is 0.0162. The molecule has 1 unspecified atom stereocenters. The Kier molecular flexibility index (Phi) is 6.68. The van der Waals surface area contributed by atoms with Gasteiger partial charge < -0.3 is 10.1 Å². The van der Waals surface area contributed by atoms with Gasteiger partial charge in [0, 0.05) is 19.6 Å². The number of rotatable bonds is 6. The minimum Gasteiger partial charge on any atom is -0.379 e. The third-order valence-electron chi connectivity index (χ3n) is 4.89. The molecule has 0 aliphatic carbocycles. The van der Waals surface area contributed by atoms with Crippen molar-refractivity contribution in [1.82, 2.24) is 20.4 Å². The molecule has 0 radical (unpaired) electrons. The molecule has 1 saturated heterocycles. The second-order valence-electron chi connectivity index (χ2n) is 7.24. The third-order valence-corrected chi connectivity index (χ3v) is 5.70. The smallest absolute Gasteiger partial charge is 0.273 e. The molecule has 0 spiro atoms. The number of benzene rings is 1. The Balaban J connectivity index is 1.75. The predicted molar refractivity (Wildman–Crippen MR) is 109 cm³/mol. The number of carbonyl (C=O) groups excluding carboxylic acids is 1. The molecule has 2 aromatic rings. The topological polar surface area (TPSA) is 70.2 Å². The maximum absolute atomic E-state index is 12.7. The molecule has 1 aliphatic rings. The molecule has 1 amide bonds. The average Bonchev–Trinajstić information content (AvgIpc) is 3.04. The van der Waals surface area contributed by atoms with Crippen LogP contribution in [0.15, 0.2) is 28.7 Å². The van der Waals surface area contributed by atoms with Crippen molar-refractivity contribution in [3.63, 3.8) is 0 Å². The van der Waals surface area contributed by atoms with E-state index in [9.17, 15) is 4.79 Å². The first-order valence-corrected chi connectivity index (χ1v) is 10.2. The second kappa shape index (κ2) is 8.99. The number of morpholine rings is 1. The molecule has 1 aromatic carbocycles. The normalized spacial score (nSPS) is 16.5. The second-order valence-corrected chi connectivity index (χ2v) is 8.04. The first-order chi connectivity index (χ1) is 13.0. The number of aromatic amines is 1. The first-order valence-electron chi connectivity index (χ1n) is 9.37. The van der Waals surface area contributed by atoms with Crippen molar-refractivity contribution in [3.05, 3.63) is 51.3 Å². The maximum Gasteiger partial charge on any atom is 0.273 e. The molecule has 0 saturated carbocycles. The van der Waals surface area contributed by atoms with Crippen molar-refractivity contribution in [2.24, 2.45) is 0 Å². The van der Waals surface area contributed by atoms with Gasteiger partial charge in [-0.15, -0.1) is 0 Å². The van der Waals surface area contributed by atoms with Gasteiger partial charge in [0.1, 0.15) is 0 Å². The Bertz CT molecular complexity index is 784. The molecule has 146 valence electrons. The standard InChI is InChI=1S/C20H27BrN4O2/c1-13(2)18-17(21)19(24-23-18)20(26)22-12-16(25-7-9-27-10-8-25)15-6-4-5-14(3)11-15/h4-6,11,13,16H,7-10,12H2,1-3H3,(H,22,26)(H,23,24). The van der Waals surface area contributed by atoms with Gasteiger partial charge >= 0.3 is 0 Å². The number of nitrogens with one attached hydrogen (secondary N) is 2. The van der Waals surface area contributed by atoms with Crippen LogP contribution >= 0.6 is 15.9 Å². The van der Waals surface area contributed by atoms with Crippen molar-refractivity contribution in [3.8, 4) is 0 Å². The summed E-state index contributed by atoms with van der Waals surface area (Å²) in [6.07, 6.45) is 0. The number of H-pyrrole nitrogens is 1. The highest BCUT2D eigenvalue weighted by Gasteiger charge is 2.25. The number of aryl methyl sites for hydroxylation is 1. The summed E-state index contributed by atoms with van der Waals surface area (Å²) in [5.41, 5.74) is 3.77. The highest BCUT2D eigenvalue weighted by atomic mass is 79.9. The minimum atomic E-state index is -0.170. The van der Waals surface area contributed by atoms with Gasteiger partial charge in [0.25, 0.3) is 5.91 Å². The van der Waals surface area contributed by atoms with Crippen LogP contribution in [-0.4, -0.2) is 53.9 Å². The van der Waals surface area contributed by atoms with Crippen molar-refractivity contribution < 1.29 is 9.53 Å². The van der Waals surface area contributed by atoms with Crippen LogP contribution in [0, 0.1) is 6.92 Å². The Morgan fingerprint density at radius 3 is 2.74 bits per heavy atom. The van der Waals surface area contributed by atoms with Crippen molar-refractivity contribution >= 4 is 21.8 Å². The molecule has 7 heteroatoms. The van der Waals surface area contributed by atoms with E-state index in [0.29, 0.717) is 12.2 Å². The fraction of sp³-hybridized carbons (Fsp3) is 0.500. The zero-order valence-corrected chi connectivity index (χ0v) is 17.7. The zero-order valence-electron chi connectivity index (χ0n) is 16.1. The number of aromatic nitrogens is 2. The van der Waals surface area contributed by atoms with E-state index in [4.69, 9.17) is 4.74 Å². The number of amides is 1. The maximum atomic E-state index is 12.7. The number of ether oxygens (including phenoxy) is 1. The summed E-state index contributed by atoms with van der Waals surface area (Å²) < 4.78 is 6.24. The van der Waals surface area contributed by atoms with Crippen molar-refractivity contribution in [1.29, 1.82) is 0 Å². The van der Waals surface area contributed by atoms with Crippen LogP contribution in [0.2, 0.25) is 0 Å². The molecule has 1 aliphatic heterocycles. The largest absolute Gasteiger partial charge is 0.379 e. The SMILES string of the molecule is Cc1cccc(C(CNC(=O)c2n[nH]c(C(C)C)c2Br)N2CCOCC2)c1. The van der Waals surface area contributed by atoms with Gasteiger partial charge in [0.2, 0.25) is 0 Å². The monoisotopic (exact) mass is 434 g/mol. The van der Waals surface area contributed by atoms with E-state index in [1.165, 1.54) is 11.1 Å². The molecular weight excluding hydrogens is 408 g/mol. The molecule has 6 nitrogen and oxygen atoms in total. The Labute approximate surface area is 168 Å². The van der Waals surface area contributed by atoms with Crippen molar-refractivity contribution in [2.45, 2.75) is 32.7 Å². The zero-order chi connectivity index (χ0) is 19.4. The van der Waals surface area contributed by atoms with Crippen LogP contribution in [0.1, 0.15) is 53.1 Å². The Hall–Kier alpha value is -1.70. The number of carbonyl (C=O) groups is 1. The molecule has 1 fully saturated rings. The summed E-state index contributed by atoms with van der Waals surface area (Å²) in [5, 5.41) is 10.2. The number of hydrogen-bond donors (Lipinski definition) is 2. The molecule has 0 bridgehead atoms. The number of nitrogens with zero attached hydrogens (tertiary/aromatic N) is 2. The van der Waals surface area contributed by atoms with E-state index in [0.717, 1.165) is 36.5 Å². The van der Waals surface area contributed by atoms with E-state index in [1.807, 2.05) is 0 Å². The van der Waals surface area contributed by atoms with Crippen LogP contribution in [0.5, 0.6) is 0 Å². The summed E-state index contributed by atoms with van der Waals surface area (Å²) in [4.78, 5) is 15.1. The summed E-state index contributed by atoms with van der Waals surface area (Å²) in [6.45, 7) is 9.90. The summed E-state index contributed by atoms with van der Waals surface area (Å²) >= 11 is 3.51. The van der Waals surface area contributed by atoms with Crippen molar-refractivity contribution in [2.75, 3.05) is 32.8 Å². The van der Waals surface area contributed by atoms with Crippen LogP contribution < -0.4 is 5.32 Å². The Morgan fingerprint density at radius 2 is 2.11 bits per heavy atom. The quantitative estimate of drug-likeness (QED) is 0.730. The van der Waals surface area contributed by atoms with Gasteiger partial charge in [-0.1, -0.05) is 43.7 Å². The lowest BCUT2D eigenvalue weighted by Gasteiger charge is -2.35. The average molecular weight is 435 g/mol. The molecule has 2 heterocycles. The molecular formula is C20H27BrN4O2. The molecule has 3 rings (SSSR count). The van der Waals surface area contributed by atoms with E-state index < -0.39 is 0 Å². The van der Waals surface area contributed by atoms with Gasteiger partial charge in [-0.3, -0.25) is 14.8 Å². The van der Waals surface area contributed by atoms with Crippen LogP contribution in [0.25, 0.3) is 0 Å². The molecule has 27 heavy (non-hydrogen) atoms. The van der Waals surface area contributed by atoms with E-state index in [-0.39, 0.29) is 17.9 Å². The van der Waals surface area contributed by atoms with Crippen LogP contribution in [-0.2, 0) is 4.74 Å². The lowest BCUT2D eigenvalue weighted by atomic mass is 10.0. The number of halogens is 1. The predicted octanol–water partition coefficient (Wildman–Crippen LogP) is 3.41. The highest BCUT2D eigenvalue weighted by Crippen LogP contribution is 2.26. The van der Waals surface area contributed by atoms with Gasteiger partial charge in [-0.05, 0) is 34.3 Å². The van der Waals surface area contributed by atoms with Crippen LogP contribution in [0.3, 0.4) is 0 Å².